The molecule has 0 aromatic carbocycles. The average Bonchev–Trinajstić information content (AvgIpc) is 2.13. The molecule has 1 atom stereocenters. The van der Waals surface area contributed by atoms with Crippen molar-refractivity contribution >= 4 is 22.3 Å². The minimum absolute atomic E-state index is 0.379. The minimum Gasteiger partial charge on any atom is -0.480 e. The number of aliphatic carboxylic acids is 1. The molecule has 0 aromatic rings. The topological polar surface area (TPSA) is 131 Å². The molecule has 0 aliphatic rings. The van der Waals surface area contributed by atoms with Gasteiger partial charge in [0.15, 0.2) is 0 Å². The highest BCUT2D eigenvalue weighted by atomic mass is 32.2. The largest absolute Gasteiger partial charge is 0.480 e. The second kappa shape index (κ2) is 7.13. The molecule has 0 aliphatic heterocycles. The molecule has 9 nitrogen and oxygen atoms in total. The van der Waals surface area contributed by atoms with Crippen LogP contribution in [-0.4, -0.2) is 51.4 Å². The summed E-state index contributed by atoms with van der Waals surface area (Å²) in [6, 6.07) is -1.50. The van der Waals surface area contributed by atoms with Gasteiger partial charge >= 0.3 is 22.3 Å². The monoisotopic (exact) mass is 284 g/mol. The van der Waals surface area contributed by atoms with E-state index in [0.29, 0.717) is 0 Å². The molecule has 1 amide bonds. The van der Waals surface area contributed by atoms with Crippen LogP contribution in [0.25, 0.3) is 0 Å². The highest BCUT2D eigenvalue weighted by molar-refractivity contribution is 7.88. The van der Waals surface area contributed by atoms with Gasteiger partial charge in [0.25, 0.3) is 0 Å². The molecule has 10 heteroatoms. The van der Waals surface area contributed by atoms with Gasteiger partial charge < -0.3 is 14.6 Å². The van der Waals surface area contributed by atoms with E-state index in [1.54, 1.807) is 4.72 Å². The Balaban J connectivity index is 4.54. The summed E-state index contributed by atoms with van der Waals surface area (Å²) in [6.07, 6.45) is -1.70. The van der Waals surface area contributed by atoms with E-state index in [-0.39, 0.29) is 6.61 Å². The molecule has 0 bridgehead atoms. The van der Waals surface area contributed by atoms with E-state index in [1.807, 2.05) is 0 Å². The van der Waals surface area contributed by atoms with Gasteiger partial charge in [-0.2, -0.15) is 13.1 Å². The number of carboxylic acids is 1. The lowest BCUT2D eigenvalue weighted by Gasteiger charge is -2.15. The summed E-state index contributed by atoms with van der Waals surface area (Å²) in [7, 11) is -3.12. The number of carboxylic acid groups (broad SMARTS) is 1. The number of amides is 1. The first-order valence-electron chi connectivity index (χ1n) is 4.90. The van der Waals surface area contributed by atoms with Gasteiger partial charge in [0, 0.05) is 7.11 Å². The standard InChI is InChI=1S/C8H16N2O7S/c1-5(2)17-8(13)10-18(14,15)9-6(4-16-3)7(11)12/h5-6,9H,4H2,1-3H3,(H,10,13)(H,11,12). The number of carbonyl (C=O) groups excluding carboxylic acids is 1. The van der Waals surface area contributed by atoms with Crippen molar-refractivity contribution in [3.8, 4) is 0 Å². The number of rotatable bonds is 7. The zero-order valence-electron chi connectivity index (χ0n) is 10.2. The normalized spacial score (nSPS) is 13.1. The zero-order valence-corrected chi connectivity index (χ0v) is 11.0. The minimum atomic E-state index is -4.33. The molecular formula is C8H16N2O7S. The number of ether oxygens (including phenoxy) is 2. The third-order valence-corrected chi connectivity index (χ3v) is 2.52. The molecule has 0 spiro atoms. The van der Waals surface area contributed by atoms with Crippen LogP contribution >= 0.6 is 0 Å². The van der Waals surface area contributed by atoms with Gasteiger partial charge in [-0.3, -0.25) is 4.79 Å². The lowest BCUT2D eigenvalue weighted by Crippen LogP contribution is -2.50. The molecule has 0 saturated heterocycles. The summed E-state index contributed by atoms with van der Waals surface area (Å²) >= 11 is 0. The molecule has 0 radical (unpaired) electrons. The van der Waals surface area contributed by atoms with Gasteiger partial charge in [0.2, 0.25) is 0 Å². The van der Waals surface area contributed by atoms with Crippen molar-refractivity contribution in [1.82, 2.24) is 9.44 Å². The van der Waals surface area contributed by atoms with Crippen LogP contribution in [0, 0.1) is 0 Å². The second-order valence-corrected chi connectivity index (χ2v) is 4.97. The summed E-state index contributed by atoms with van der Waals surface area (Å²) in [5.74, 6) is -1.43. The van der Waals surface area contributed by atoms with E-state index in [2.05, 4.69) is 9.47 Å². The van der Waals surface area contributed by atoms with Gasteiger partial charge in [-0.15, -0.1) is 0 Å². The van der Waals surface area contributed by atoms with Crippen LogP contribution in [0.15, 0.2) is 0 Å². The first-order valence-corrected chi connectivity index (χ1v) is 6.38. The smallest absolute Gasteiger partial charge is 0.422 e. The maximum Gasteiger partial charge on any atom is 0.422 e. The van der Waals surface area contributed by atoms with Gasteiger partial charge in [-0.05, 0) is 13.8 Å². The maximum atomic E-state index is 11.4. The third kappa shape index (κ3) is 7.04. The van der Waals surface area contributed by atoms with Crippen molar-refractivity contribution in [3.05, 3.63) is 0 Å². The van der Waals surface area contributed by atoms with Crippen molar-refractivity contribution in [2.24, 2.45) is 0 Å². The SMILES string of the molecule is COCC(NS(=O)(=O)NC(=O)OC(C)C)C(=O)O. The Morgan fingerprint density at radius 1 is 1.33 bits per heavy atom. The van der Waals surface area contributed by atoms with E-state index in [1.165, 1.54) is 25.7 Å². The van der Waals surface area contributed by atoms with Crippen LogP contribution in [0.1, 0.15) is 13.8 Å². The maximum absolute atomic E-state index is 11.4. The van der Waals surface area contributed by atoms with Gasteiger partial charge in [0.05, 0.1) is 12.7 Å². The van der Waals surface area contributed by atoms with E-state index < -0.39 is 34.4 Å². The van der Waals surface area contributed by atoms with Crippen LogP contribution in [0.4, 0.5) is 4.79 Å². The molecular weight excluding hydrogens is 268 g/mol. The predicted molar refractivity (Wildman–Crippen MR) is 60.1 cm³/mol. The Kier molecular flexibility index (Phi) is 6.58. The van der Waals surface area contributed by atoms with Crippen molar-refractivity contribution in [2.45, 2.75) is 26.0 Å². The zero-order chi connectivity index (χ0) is 14.3. The molecule has 0 saturated carbocycles. The Morgan fingerprint density at radius 3 is 2.28 bits per heavy atom. The molecule has 0 fully saturated rings. The number of carbonyl (C=O) groups is 2. The molecule has 0 aromatic heterocycles. The lowest BCUT2D eigenvalue weighted by molar-refractivity contribution is -0.140. The van der Waals surface area contributed by atoms with Crippen molar-refractivity contribution < 1.29 is 32.6 Å². The van der Waals surface area contributed by atoms with Crippen molar-refractivity contribution in [2.75, 3.05) is 13.7 Å². The Bertz CT molecular complexity index is 392. The quantitative estimate of drug-likeness (QED) is 0.549. The summed E-state index contributed by atoms with van der Waals surface area (Å²) in [5.41, 5.74) is 0. The molecule has 1 unspecified atom stereocenters. The third-order valence-electron chi connectivity index (χ3n) is 1.49. The van der Waals surface area contributed by atoms with Crippen LogP contribution < -0.4 is 9.44 Å². The highest BCUT2D eigenvalue weighted by Gasteiger charge is 2.25. The first kappa shape index (κ1) is 16.6. The summed E-state index contributed by atoms with van der Waals surface area (Å²) in [5, 5.41) is 8.70. The number of hydrogen-bond acceptors (Lipinski definition) is 6. The molecule has 3 N–H and O–H groups in total. The van der Waals surface area contributed by atoms with Crippen LogP contribution in [0.3, 0.4) is 0 Å². The average molecular weight is 284 g/mol. The van der Waals surface area contributed by atoms with E-state index in [0.717, 1.165) is 0 Å². The number of hydrogen-bond donors (Lipinski definition) is 3. The molecule has 18 heavy (non-hydrogen) atoms. The van der Waals surface area contributed by atoms with E-state index >= 15 is 0 Å². The fourth-order valence-corrected chi connectivity index (χ4v) is 1.76. The second-order valence-electron chi connectivity index (χ2n) is 3.52. The first-order chi connectivity index (χ1) is 8.18. The summed E-state index contributed by atoms with van der Waals surface area (Å²) in [4.78, 5) is 21.7. The fourth-order valence-electron chi connectivity index (χ4n) is 0.887. The molecule has 0 rings (SSSR count). The predicted octanol–water partition coefficient (Wildman–Crippen LogP) is -0.945. The number of methoxy groups -OCH3 is 1. The highest BCUT2D eigenvalue weighted by Crippen LogP contribution is 1.93. The number of nitrogens with one attached hydrogen (secondary N) is 2. The van der Waals surface area contributed by atoms with E-state index in [4.69, 9.17) is 5.11 Å². The van der Waals surface area contributed by atoms with Crippen molar-refractivity contribution in [3.63, 3.8) is 0 Å². The van der Waals surface area contributed by atoms with Crippen LogP contribution in [0.2, 0.25) is 0 Å². The lowest BCUT2D eigenvalue weighted by atomic mass is 10.3. The fraction of sp³-hybridized carbons (Fsp3) is 0.750. The van der Waals surface area contributed by atoms with Crippen LogP contribution in [0.5, 0.6) is 0 Å². The Morgan fingerprint density at radius 2 is 1.89 bits per heavy atom. The van der Waals surface area contributed by atoms with E-state index in [9.17, 15) is 18.0 Å². The summed E-state index contributed by atoms with van der Waals surface area (Å²) < 4.78 is 35.1. The van der Waals surface area contributed by atoms with Gasteiger partial charge in [0.1, 0.15) is 6.04 Å². The van der Waals surface area contributed by atoms with Gasteiger partial charge in [-0.1, -0.05) is 0 Å². The Hall–Kier alpha value is -1.39. The molecule has 0 aliphatic carbocycles. The van der Waals surface area contributed by atoms with Crippen LogP contribution in [-0.2, 0) is 24.5 Å². The molecule has 106 valence electrons. The molecule has 0 heterocycles. The van der Waals surface area contributed by atoms with Gasteiger partial charge in [-0.25, -0.2) is 9.52 Å². The van der Waals surface area contributed by atoms with Crippen molar-refractivity contribution in [1.29, 1.82) is 0 Å². The Labute approximate surface area is 105 Å². The summed E-state index contributed by atoms with van der Waals surface area (Å²) in [6.45, 7) is 2.69.